The normalized spacial score (nSPS) is 42.0. The Hall–Kier alpha value is -1.50. The molecule has 0 aromatic carbocycles. The van der Waals surface area contributed by atoms with E-state index < -0.39 is 0 Å². The minimum Gasteiger partial charge on any atom is -0.462 e. The number of rotatable bonds is 5. The lowest BCUT2D eigenvalue weighted by molar-refractivity contribution is -0.209. The third-order valence-electron chi connectivity index (χ3n) is 10.1. The van der Waals surface area contributed by atoms with Crippen LogP contribution in [0, 0.1) is 41.4 Å². The average molecular weight is 528 g/mol. The van der Waals surface area contributed by atoms with Crippen molar-refractivity contribution in [3.63, 3.8) is 0 Å². The van der Waals surface area contributed by atoms with Gasteiger partial charge >= 0.3 is 5.97 Å². The first-order valence-corrected chi connectivity index (χ1v) is 15.4. The van der Waals surface area contributed by atoms with E-state index in [-0.39, 0.29) is 48.0 Å². The number of ketones is 1. The Morgan fingerprint density at radius 2 is 1.82 bits per heavy atom. The van der Waals surface area contributed by atoms with Crippen molar-refractivity contribution in [3.05, 3.63) is 23.8 Å². The number of hydrogen-bond donors (Lipinski definition) is 0. The monoisotopic (exact) mass is 527 g/mol. The van der Waals surface area contributed by atoms with Gasteiger partial charge in [-0.2, -0.15) is 0 Å². The van der Waals surface area contributed by atoms with Crippen molar-refractivity contribution in [2.24, 2.45) is 41.4 Å². The Balaban J connectivity index is 1.35. The quantitative estimate of drug-likeness (QED) is 0.344. The summed E-state index contributed by atoms with van der Waals surface area (Å²) in [5.41, 5.74) is 0.861. The number of esters is 1. The molecular weight excluding hydrogens is 478 g/mol. The van der Waals surface area contributed by atoms with Crippen LogP contribution in [0.2, 0.25) is 0 Å². The Bertz CT molecular complexity index is 904. The van der Waals surface area contributed by atoms with E-state index in [0.29, 0.717) is 36.7 Å². The zero-order valence-electron chi connectivity index (χ0n) is 24.0. The molecule has 38 heavy (non-hydrogen) atoms. The minimum atomic E-state index is -0.258. The van der Waals surface area contributed by atoms with E-state index in [1.807, 2.05) is 6.92 Å². The summed E-state index contributed by atoms with van der Waals surface area (Å²) >= 11 is 0. The fourth-order valence-electron chi connectivity index (χ4n) is 8.02. The first-order valence-electron chi connectivity index (χ1n) is 15.4. The van der Waals surface area contributed by atoms with Gasteiger partial charge < -0.3 is 19.1 Å². The number of allylic oxidation sites excluding steroid dienone is 4. The van der Waals surface area contributed by atoms with Crippen molar-refractivity contribution < 1.29 is 23.8 Å². The van der Waals surface area contributed by atoms with Crippen LogP contribution in [0.1, 0.15) is 78.1 Å². The van der Waals surface area contributed by atoms with Crippen LogP contribution in [-0.2, 0) is 23.8 Å². The molecule has 1 saturated carbocycles. The SMILES string of the molecule is CCC1CCCC(OC2CCC(CN(C)C)CO2)C(C)C(=O)C2=CC3C(C=CC4CCCC43)C2CC(=O)O1. The van der Waals surface area contributed by atoms with Gasteiger partial charge in [-0.05, 0) is 101 Å². The minimum absolute atomic E-state index is 0.0722. The second-order valence-electron chi connectivity index (χ2n) is 13.0. The topological polar surface area (TPSA) is 65.1 Å². The Labute approximate surface area is 229 Å². The van der Waals surface area contributed by atoms with Gasteiger partial charge in [-0.25, -0.2) is 0 Å². The van der Waals surface area contributed by atoms with Gasteiger partial charge in [0.1, 0.15) is 6.10 Å². The van der Waals surface area contributed by atoms with Crippen LogP contribution in [0.3, 0.4) is 0 Å². The summed E-state index contributed by atoms with van der Waals surface area (Å²) < 4.78 is 18.7. The predicted octanol–water partition coefficient (Wildman–Crippen LogP) is 5.56. The molecule has 5 aliphatic rings. The molecule has 10 unspecified atom stereocenters. The van der Waals surface area contributed by atoms with E-state index in [2.05, 4.69) is 44.1 Å². The molecule has 2 saturated heterocycles. The molecule has 3 aliphatic carbocycles. The summed E-state index contributed by atoms with van der Waals surface area (Å²) in [4.78, 5) is 29.5. The van der Waals surface area contributed by atoms with Gasteiger partial charge in [0.25, 0.3) is 0 Å². The molecule has 0 radical (unpaired) electrons. The average Bonchev–Trinajstić information content (AvgIpc) is 3.51. The van der Waals surface area contributed by atoms with E-state index in [1.165, 1.54) is 19.3 Å². The predicted molar refractivity (Wildman–Crippen MR) is 147 cm³/mol. The maximum Gasteiger partial charge on any atom is 0.306 e. The summed E-state index contributed by atoms with van der Waals surface area (Å²) in [5, 5.41) is 0. The highest BCUT2D eigenvalue weighted by atomic mass is 16.7. The lowest BCUT2D eigenvalue weighted by Crippen LogP contribution is -2.39. The standard InChI is InChI=1S/C32H49NO5/c1-5-23-9-7-11-29(38-31-15-12-21(19-36-31)18-33(3)4)20(2)32(35)28-16-26-24-10-6-8-22(24)13-14-25(26)27(28)17-30(34)37-23/h13-14,16,20-27,29,31H,5-12,15,17-19H2,1-4H3. The number of hydrogen-bond acceptors (Lipinski definition) is 6. The van der Waals surface area contributed by atoms with Gasteiger partial charge in [0.05, 0.1) is 19.1 Å². The largest absolute Gasteiger partial charge is 0.462 e. The molecule has 0 bridgehead atoms. The highest BCUT2D eigenvalue weighted by Gasteiger charge is 2.48. The van der Waals surface area contributed by atoms with Crippen LogP contribution >= 0.6 is 0 Å². The Kier molecular flexibility index (Phi) is 9.11. The van der Waals surface area contributed by atoms with Gasteiger partial charge in [-0.3, -0.25) is 9.59 Å². The van der Waals surface area contributed by atoms with Crippen LogP contribution in [0.5, 0.6) is 0 Å². The number of cyclic esters (lactones) is 1. The Morgan fingerprint density at radius 3 is 2.55 bits per heavy atom. The molecular formula is C32H49NO5. The number of fused-ring (bicyclic) bond motifs is 5. The fourth-order valence-corrected chi connectivity index (χ4v) is 8.02. The number of carbonyl (C=O) groups is 2. The molecule has 0 N–H and O–H groups in total. The summed E-state index contributed by atoms with van der Waals surface area (Å²) in [7, 11) is 4.21. The second-order valence-corrected chi connectivity index (χ2v) is 13.0. The van der Waals surface area contributed by atoms with E-state index in [0.717, 1.165) is 50.6 Å². The smallest absolute Gasteiger partial charge is 0.306 e. The lowest BCUT2D eigenvalue weighted by Gasteiger charge is -2.35. The molecule has 2 heterocycles. The summed E-state index contributed by atoms with van der Waals surface area (Å²) in [5.74, 6) is 2.01. The molecule has 10 atom stereocenters. The molecule has 5 rings (SSSR count). The van der Waals surface area contributed by atoms with Gasteiger partial charge in [0.15, 0.2) is 12.1 Å². The second kappa shape index (κ2) is 12.3. The number of Topliss-reactive ketones (excluding diaryl/α,β-unsaturated/α-hetero) is 1. The molecule has 0 spiro atoms. The first kappa shape index (κ1) is 28.0. The first-order chi connectivity index (χ1) is 18.3. The van der Waals surface area contributed by atoms with Crippen molar-refractivity contribution in [1.82, 2.24) is 4.90 Å². The lowest BCUT2D eigenvalue weighted by atomic mass is 9.70. The van der Waals surface area contributed by atoms with Crippen LogP contribution in [0.25, 0.3) is 0 Å². The van der Waals surface area contributed by atoms with E-state index in [9.17, 15) is 9.59 Å². The van der Waals surface area contributed by atoms with Crippen molar-refractivity contribution >= 4 is 11.8 Å². The van der Waals surface area contributed by atoms with Crippen molar-refractivity contribution in [2.45, 2.75) is 96.6 Å². The molecule has 0 aromatic heterocycles. The molecule has 6 nitrogen and oxygen atoms in total. The highest BCUT2D eigenvalue weighted by Crippen LogP contribution is 2.53. The molecule has 2 aliphatic heterocycles. The van der Waals surface area contributed by atoms with Gasteiger partial charge in [-0.15, -0.1) is 0 Å². The zero-order valence-corrected chi connectivity index (χ0v) is 24.0. The summed E-state index contributed by atoms with van der Waals surface area (Å²) in [6.45, 7) is 5.86. The van der Waals surface area contributed by atoms with Gasteiger partial charge in [0.2, 0.25) is 0 Å². The van der Waals surface area contributed by atoms with E-state index in [1.54, 1.807) is 0 Å². The van der Waals surface area contributed by atoms with E-state index >= 15 is 0 Å². The van der Waals surface area contributed by atoms with Crippen molar-refractivity contribution in [1.29, 1.82) is 0 Å². The number of nitrogens with zero attached hydrogens (tertiary/aromatic N) is 1. The number of ether oxygens (including phenoxy) is 3. The van der Waals surface area contributed by atoms with Gasteiger partial charge in [0, 0.05) is 18.4 Å². The molecule has 0 aromatic rings. The van der Waals surface area contributed by atoms with Crippen LogP contribution < -0.4 is 0 Å². The maximum atomic E-state index is 14.2. The van der Waals surface area contributed by atoms with Crippen LogP contribution in [0.4, 0.5) is 0 Å². The molecule has 3 fully saturated rings. The van der Waals surface area contributed by atoms with Gasteiger partial charge in [-0.1, -0.05) is 38.5 Å². The third kappa shape index (κ3) is 6.13. The van der Waals surface area contributed by atoms with E-state index in [4.69, 9.17) is 14.2 Å². The molecule has 0 amide bonds. The molecule has 212 valence electrons. The van der Waals surface area contributed by atoms with Crippen molar-refractivity contribution in [3.8, 4) is 0 Å². The highest BCUT2D eigenvalue weighted by molar-refractivity contribution is 5.99. The van der Waals surface area contributed by atoms with Crippen LogP contribution in [-0.4, -0.2) is 62.4 Å². The number of carbonyl (C=O) groups excluding carboxylic acids is 2. The zero-order chi connectivity index (χ0) is 26.8. The van der Waals surface area contributed by atoms with Crippen molar-refractivity contribution in [2.75, 3.05) is 27.2 Å². The molecule has 6 heteroatoms. The summed E-state index contributed by atoms with van der Waals surface area (Å²) in [6.07, 6.45) is 15.7. The Morgan fingerprint density at radius 1 is 1.00 bits per heavy atom. The third-order valence-corrected chi connectivity index (χ3v) is 10.1. The van der Waals surface area contributed by atoms with Crippen LogP contribution in [0.15, 0.2) is 23.8 Å². The maximum absolute atomic E-state index is 14.2. The summed E-state index contributed by atoms with van der Waals surface area (Å²) in [6, 6.07) is 0. The fraction of sp³-hybridized carbons (Fsp3) is 0.812.